The number of aromatic amines is 1. The molecule has 0 fully saturated rings. The first kappa shape index (κ1) is 13.0. The maximum Gasteiger partial charge on any atom is 0.255 e. The Hall–Kier alpha value is -3.02. The van der Waals surface area contributed by atoms with Gasteiger partial charge in [-0.3, -0.25) is 9.89 Å². The minimum atomic E-state index is -0.238. The third kappa shape index (κ3) is 2.38. The summed E-state index contributed by atoms with van der Waals surface area (Å²) in [5.41, 5.74) is 8.26. The van der Waals surface area contributed by atoms with Crippen molar-refractivity contribution in [1.82, 2.24) is 10.2 Å². The van der Waals surface area contributed by atoms with E-state index in [0.717, 1.165) is 10.9 Å². The highest BCUT2D eigenvalue weighted by Crippen LogP contribution is 2.24. The maximum absolute atomic E-state index is 12.3. The highest BCUT2D eigenvalue weighted by molar-refractivity contribution is 6.09. The van der Waals surface area contributed by atoms with Gasteiger partial charge in [-0.25, -0.2) is 0 Å². The summed E-state index contributed by atoms with van der Waals surface area (Å²) in [6.07, 6.45) is 1.67. The van der Waals surface area contributed by atoms with Gasteiger partial charge >= 0.3 is 0 Å². The molecule has 1 aromatic heterocycles. The number of benzene rings is 2. The van der Waals surface area contributed by atoms with Gasteiger partial charge in [0.15, 0.2) is 0 Å². The van der Waals surface area contributed by atoms with Crippen molar-refractivity contribution in [1.29, 1.82) is 0 Å². The van der Waals surface area contributed by atoms with Crippen molar-refractivity contribution in [3.05, 3.63) is 48.2 Å². The highest BCUT2D eigenvalue weighted by atomic mass is 16.5. The van der Waals surface area contributed by atoms with Gasteiger partial charge in [-0.15, -0.1) is 0 Å². The van der Waals surface area contributed by atoms with Crippen LogP contribution >= 0.6 is 0 Å². The molecule has 0 saturated heterocycles. The normalized spacial score (nSPS) is 10.5. The van der Waals surface area contributed by atoms with Crippen molar-refractivity contribution in [3.63, 3.8) is 0 Å². The predicted molar refractivity (Wildman–Crippen MR) is 81.5 cm³/mol. The smallest absolute Gasteiger partial charge is 0.255 e. The van der Waals surface area contributed by atoms with Gasteiger partial charge in [-0.1, -0.05) is 6.07 Å². The van der Waals surface area contributed by atoms with E-state index in [2.05, 4.69) is 15.5 Å². The minimum Gasteiger partial charge on any atom is -0.495 e. The largest absolute Gasteiger partial charge is 0.495 e. The van der Waals surface area contributed by atoms with Crippen LogP contribution in [-0.2, 0) is 0 Å². The van der Waals surface area contributed by atoms with Gasteiger partial charge in [0.1, 0.15) is 5.75 Å². The maximum atomic E-state index is 12.3. The second kappa shape index (κ2) is 5.16. The van der Waals surface area contributed by atoms with Crippen LogP contribution in [0.15, 0.2) is 42.6 Å². The van der Waals surface area contributed by atoms with Crippen LogP contribution in [0.2, 0.25) is 0 Å². The van der Waals surface area contributed by atoms with Crippen molar-refractivity contribution < 1.29 is 9.53 Å². The van der Waals surface area contributed by atoms with Crippen LogP contribution in [0.5, 0.6) is 5.75 Å². The molecule has 0 unspecified atom stereocenters. The van der Waals surface area contributed by atoms with Gasteiger partial charge in [0, 0.05) is 10.9 Å². The molecule has 3 aromatic rings. The minimum absolute atomic E-state index is 0.238. The molecule has 21 heavy (non-hydrogen) atoms. The molecule has 2 aromatic carbocycles. The van der Waals surface area contributed by atoms with Crippen LogP contribution in [-0.4, -0.2) is 23.2 Å². The van der Waals surface area contributed by atoms with E-state index < -0.39 is 0 Å². The summed E-state index contributed by atoms with van der Waals surface area (Å²) in [6, 6.07) is 10.5. The number of aromatic nitrogens is 2. The van der Waals surface area contributed by atoms with Gasteiger partial charge < -0.3 is 15.8 Å². The second-order valence-electron chi connectivity index (χ2n) is 4.55. The Bertz CT molecular complexity index is 810. The monoisotopic (exact) mass is 282 g/mol. The number of carbonyl (C=O) groups excluding carboxylic acids is 1. The molecule has 4 N–H and O–H groups in total. The van der Waals surface area contributed by atoms with Crippen molar-refractivity contribution in [2.24, 2.45) is 0 Å². The zero-order chi connectivity index (χ0) is 14.8. The van der Waals surface area contributed by atoms with E-state index >= 15 is 0 Å². The van der Waals surface area contributed by atoms with E-state index in [4.69, 9.17) is 10.5 Å². The average Bonchev–Trinajstić information content (AvgIpc) is 2.96. The van der Waals surface area contributed by atoms with Crippen molar-refractivity contribution in [2.45, 2.75) is 0 Å². The number of nitrogens with zero attached hydrogens (tertiary/aromatic N) is 1. The van der Waals surface area contributed by atoms with E-state index in [1.807, 2.05) is 18.2 Å². The quantitative estimate of drug-likeness (QED) is 0.643. The molecular formula is C15H14N4O2. The van der Waals surface area contributed by atoms with Crippen LogP contribution in [0, 0.1) is 0 Å². The third-order valence-corrected chi connectivity index (χ3v) is 3.22. The lowest BCUT2D eigenvalue weighted by Crippen LogP contribution is -2.12. The molecule has 0 spiro atoms. The van der Waals surface area contributed by atoms with Crippen molar-refractivity contribution in [2.75, 3.05) is 18.2 Å². The average molecular weight is 282 g/mol. The molecule has 106 valence electrons. The summed E-state index contributed by atoms with van der Waals surface area (Å²) < 4.78 is 5.08. The topological polar surface area (TPSA) is 93.0 Å². The molecule has 6 heteroatoms. The van der Waals surface area contributed by atoms with E-state index in [1.165, 1.54) is 7.11 Å². The highest BCUT2D eigenvalue weighted by Gasteiger charge is 2.11. The first-order chi connectivity index (χ1) is 10.2. The molecule has 0 radical (unpaired) electrons. The van der Waals surface area contributed by atoms with Gasteiger partial charge in [-0.2, -0.15) is 5.10 Å². The number of rotatable bonds is 3. The van der Waals surface area contributed by atoms with Crippen LogP contribution in [0.1, 0.15) is 10.4 Å². The zero-order valence-corrected chi connectivity index (χ0v) is 11.4. The van der Waals surface area contributed by atoms with Gasteiger partial charge in [-0.05, 0) is 30.3 Å². The molecule has 6 nitrogen and oxygen atoms in total. The third-order valence-electron chi connectivity index (χ3n) is 3.22. The number of nitrogens with one attached hydrogen (secondary N) is 2. The Morgan fingerprint density at radius 1 is 1.33 bits per heavy atom. The van der Waals surface area contributed by atoms with Crippen molar-refractivity contribution in [3.8, 4) is 5.75 Å². The lowest BCUT2D eigenvalue weighted by atomic mass is 10.1. The molecule has 0 aliphatic carbocycles. The van der Waals surface area contributed by atoms with Gasteiger partial charge in [0.25, 0.3) is 5.91 Å². The number of H-pyrrole nitrogens is 1. The van der Waals surface area contributed by atoms with E-state index in [-0.39, 0.29) is 5.91 Å². The first-order valence-corrected chi connectivity index (χ1v) is 6.36. The van der Waals surface area contributed by atoms with E-state index in [9.17, 15) is 4.79 Å². The van der Waals surface area contributed by atoms with Crippen LogP contribution in [0.3, 0.4) is 0 Å². The number of nitrogens with two attached hydrogens (primary N) is 1. The molecule has 0 saturated carbocycles. The summed E-state index contributed by atoms with van der Waals surface area (Å²) in [5, 5.41) is 10.5. The number of hydrogen-bond donors (Lipinski definition) is 3. The number of hydrogen-bond acceptors (Lipinski definition) is 4. The van der Waals surface area contributed by atoms with Crippen LogP contribution in [0.25, 0.3) is 10.9 Å². The van der Waals surface area contributed by atoms with Gasteiger partial charge in [0.2, 0.25) is 0 Å². The summed E-state index contributed by atoms with van der Waals surface area (Å²) in [6.45, 7) is 0. The summed E-state index contributed by atoms with van der Waals surface area (Å²) in [7, 11) is 1.53. The predicted octanol–water partition coefficient (Wildman–Crippen LogP) is 2.41. The van der Waals surface area contributed by atoms with Gasteiger partial charge in [0.05, 0.1) is 30.2 Å². The Morgan fingerprint density at radius 3 is 2.95 bits per heavy atom. The fraction of sp³-hybridized carbons (Fsp3) is 0.0667. The second-order valence-corrected chi connectivity index (χ2v) is 4.55. The number of carbonyl (C=O) groups is 1. The standard InChI is InChI=1S/C15H14N4O2/c1-21-14-6-5-9(7-11(14)16)15(20)18-12-3-2-4-13-10(12)8-17-19-13/h2-8H,16H2,1H3,(H,17,19)(H,18,20). The van der Waals surface area contributed by atoms with Crippen LogP contribution in [0.4, 0.5) is 11.4 Å². The molecule has 0 aliphatic heterocycles. The lowest BCUT2D eigenvalue weighted by Gasteiger charge is -2.09. The summed E-state index contributed by atoms with van der Waals surface area (Å²) in [5.74, 6) is 0.307. The Kier molecular flexibility index (Phi) is 3.19. The number of ether oxygens (including phenoxy) is 1. The fourth-order valence-corrected chi connectivity index (χ4v) is 2.15. The van der Waals surface area contributed by atoms with E-state index in [0.29, 0.717) is 22.7 Å². The molecule has 0 atom stereocenters. The SMILES string of the molecule is COc1ccc(C(=O)Nc2cccc3[nH]ncc23)cc1N. The zero-order valence-electron chi connectivity index (χ0n) is 11.4. The Morgan fingerprint density at radius 2 is 2.19 bits per heavy atom. The molecule has 0 aliphatic rings. The van der Waals surface area contributed by atoms with E-state index in [1.54, 1.807) is 24.4 Å². The number of nitrogen functional groups attached to an aromatic ring is 1. The molecule has 0 bridgehead atoms. The molecule has 1 heterocycles. The molecular weight excluding hydrogens is 268 g/mol. The number of methoxy groups -OCH3 is 1. The van der Waals surface area contributed by atoms with Crippen LogP contribution < -0.4 is 15.8 Å². The Balaban J connectivity index is 1.89. The molecule has 3 rings (SSSR count). The number of amides is 1. The van der Waals surface area contributed by atoms with Crippen molar-refractivity contribution >= 4 is 28.2 Å². The lowest BCUT2D eigenvalue weighted by molar-refractivity contribution is 0.102. The first-order valence-electron chi connectivity index (χ1n) is 6.36. The Labute approximate surface area is 120 Å². The number of anilines is 2. The molecule has 1 amide bonds. The fourth-order valence-electron chi connectivity index (χ4n) is 2.15. The summed E-state index contributed by atoms with van der Waals surface area (Å²) >= 11 is 0. The number of fused-ring (bicyclic) bond motifs is 1. The summed E-state index contributed by atoms with van der Waals surface area (Å²) in [4.78, 5) is 12.3.